The molecule has 5 heteroatoms. The summed E-state index contributed by atoms with van der Waals surface area (Å²) in [6, 6.07) is 46.2. The van der Waals surface area contributed by atoms with E-state index in [1.54, 1.807) is 4.80 Å². The summed E-state index contributed by atoms with van der Waals surface area (Å²) in [6.07, 6.45) is 0. The van der Waals surface area contributed by atoms with Gasteiger partial charge in [-0.1, -0.05) is 84.9 Å². The Morgan fingerprint density at radius 2 is 1.24 bits per heavy atom. The lowest BCUT2D eigenvalue weighted by atomic mass is 10.0. The fraction of sp³-hybridized carbons (Fsp3) is 0. The molecule has 9 rings (SSSR count). The van der Waals surface area contributed by atoms with Crippen LogP contribution in [0.15, 0.2) is 138 Å². The average molecular weight is 527 g/mol. The minimum atomic E-state index is 0.848. The summed E-state index contributed by atoms with van der Waals surface area (Å²) < 4.78 is 8.71. The minimum Gasteiger partial charge on any atom is -0.455 e. The summed E-state index contributed by atoms with van der Waals surface area (Å²) >= 11 is 0. The molecule has 6 aromatic carbocycles. The van der Waals surface area contributed by atoms with E-state index in [9.17, 15) is 0 Å². The number of para-hydroxylation sites is 4. The number of nitrogens with zero attached hydrogens (tertiary/aromatic N) is 4. The maximum absolute atomic E-state index is 6.39. The molecule has 0 N–H and O–H groups in total. The number of benzene rings is 6. The standard InChI is InChI=1S/C36H22N4O/c1-2-9-24(10-3-1)40-37-31-20-18-25(22-32(31)38-40)39-33-15-6-4-11-27(33)28-19-17-23(21-34(28)39)26-13-8-14-30-29-12-5-7-16-35(29)41-36(26)30/h1-22H. The van der Waals surface area contributed by atoms with Crippen LogP contribution in [0.4, 0.5) is 0 Å². The quantitative estimate of drug-likeness (QED) is 0.231. The monoisotopic (exact) mass is 526 g/mol. The molecule has 41 heavy (non-hydrogen) atoms. The predicted octanol–water partition coefficient (Wildman–Crippen LogP) is 9.08. The third kappa shape index (κ3) is 3.29. The highest BCUT2D eigenvalue weighted by Gasteiger charge is 2.17. The van der Waals surface area contributed by atoms with Crippen LogP contribution in [-0.4, -0.2) is 19.6 Å². The molecule has 0 spiro atoms. The van der Waals surface area contributed by atoms with Crippen molar-refractivity contribution in [3.05, 3.63) is 133 Å². The first-order chi connectivity index (χ1) is 20.3. The molecule has 0 saturated carbocycles. The normalized spacial score (nSPS) is 11.9. The van der Waals surface area contributed by atoms with Gasteiger partial charge in [0.1, 0.15) is 22.2 Å². The Bertz CT molecular complexity index is 2430. The summed E-state index contributed by atoms with van der Waals surface area (Å²) in [5.41, 5.74) is 9.98. The van der Waals surface area contributed by atoms with Crippen LogP contribution in [0.25, 0.3) is 77.3 Å². The van der Waals surface area contributed by atoms with E-state index in [0.717, 1.165) is 66.5 Å². The fourth-order valence-electron chi connectivity index (χ4n) is 6.11. The van der Waals surface area contributed by atoms with Gasteiger partial charge in [-0.15, -0.1) is 10.2 Å². The Balaban J connectivity index is 1.28. The maximum Gasteiger partial charge on any atom is 0.143 e. The van der Waals surface area contributed by atoms with Crippen LogP contribution in [0.2, 0.25) is 0 Å². The van der Waals surface area contributed by atoms with Gasteiger partial charge in [-0.05, 0) is 54.1 Å². The number of hydrogen-bond acceptors (Lipinski definition) is 3. The van der Waals surface area contributed by atoms with Gasteiger partial charge in [-0.2, -0.15) is 4.80 Å². The van der Waals surface area contributed by atoms with E-state index in [0.29, 0.717) is 0 Å². The van der Waals surface area contributed by atoms with Crippen molar-refractivity contribution in [3.8, 4) is 22.5 Å². The van der Waals surface area contributed by atoms with Crippen LogP contribution in [0.1, 0.15) is 0 Å². The Kier molecular flexibility index (Phi) is 4.55. The molecule has 0 atom stereocenters. The molecular formula is C36H22N4O. The highest BCUT2D eigenvalue weighted by Crippen LogP contribution is 2.39. The van der Waals surface area contributed by atoms with E-state index >= 15 is 0 Å². The Labute approximate surface area is 234 Å². The highest BCUT2D eigenvalue weighted by atomic mass is 16.3. The molecule has 0 aliphatic carbocycles. The summed E-state index contributed by atoms with van der Waals surface area (Å²) in [5, 5.41) is 14.2. The van der Waals surface area contributed by atoms with E-state index in [1.807, 2.05) is 42.5 Å². The van der Waals surface area contributed by atoms with E-state index in [4.69, 9.17) is 14.6 Å². The number of rotatable bonds is 3. The van der Waals surface area contributed by atoms with Gasteiger partial charge in [0.25, 0.3) is 0 Å². The molecule has 3 heterocycles. The van der Waals surface area contributed by atoms with Gasteiger partial charge in [0.05, 0.1) is 16.7 Å². The summed E-state index contributed by atoms with van der Waals surface area (Å²) in [6.45, 7) is 0. The van der Waals surface area contributed by atoms with Gasteiger partial charge in [0, 0.05) is 32.8 Å². The predicted molar refractivity (Wildman–Crippen MR) is 166 cm³/mol. The smallest absolute Gasteiger partial charge is 0.143 e. The van der Waals surface area contributed by atoms with Gasteiger partial charge in [-0.3, -0.25) is 0 Å². The minimum absolute atomic E-state index is 0.848. The van der Waals surface area contributed by atoms with Gasteiger partial charge in [0.15, 0.2) is 0 Å². The van der Waals surface area contributed by atoms with Gasteiger partial charge in [-0.25, -0.2) is 0 Å². The molecule has 9 aromatic rings. The Morgan fingerprint density at radius 1 is 0.488 bits per heavy atom. The molecule has 3 aromatic heterocycles. The number of aromatic nitrogens is 4. The molecule has 5 nitrogen and oxygen atoms in total. The van der Waals surface area contributed by atoms with Crippen molar-refractivity contribution >= 4 is 54.8 Å². The largest absolute Gasteiger partial charge is 0.455 e. The molecule has 0 radical (unpaired) electrons. The van der Waals surface area contributed by atoms with Crippen LogP contribution in [0.3, 0.4) is 0 Å². The maximum atomic E-state index is 6.39. The van der Waals surface area contributed by atoms with Crippen LogP contribution in [0.5, 0.6) is 0 Å². The number of hydrogen-bond donors (Lipinski definition) is 0. The second kappa shape index (κ2) is 8.41. The van der Waals surface area contributed by atoms with Crippen molar-refractivity contribution in [2.75, 3.05) is 0 Å². The molecule has 0 saturated heterocycles. The summed E-state index contributed by atoms with van der Waals surface area (Å²) in [4.78, 5) is 1.70. The molecular weight excluding hydrogens is 504 g/mol. The van der Waals surface area contributed by atoms with Crippen molar-refractivity contribution in [2.24, 2.45) is 0 Å². The second-order valence-electron chi connectivity index (χ2n) is 10.4. The van der Waals surface area contributed by atoms with E-state index in [-0.39, 0.29) is 0 Å². The van der Waals surface area contributed by atoms with E-state index in [1.165, 1.54) is 10.8 Å². The van der Waals surface area contributed by atoms with Crippen molar-refractivity contribution < 1.29 is 4.42 Å². The first-order valence-corrected chi connectivity index (χ1v) is 13.7. The second-order valence-corrected chi connectivity index (χ2v) is 10.4. The van der Waals surface area contributed by atoms with Crippen LogP contribution >= 0.6 is 0 Å². The van der Waals surface area contributed by atoms with Crippen LogP contribution in [-0.2, 0) is 0 Å². The zero-order valence-corrected chi connectivity index (χ0v) is 21.9. The molecule has 0 aliphatic heterocycles. The van der Waals surface area contributed by atoms with Crippen LogP contribution in [0, 0.1) is 0 Å². The fourth-order valence-corrected chi connectivity index (χ4v) is 6.11. The van der Waals surface area contributed by atoms with Crippen molar-refractivity contribution in [2.45, 2.75) is 0 Å². The van der Waals surface area contributed by atoms with E-state index < -0.39 is 0 Å². The van der Waals surface area contributed by atoms with Crippen molar-refractivity contribution in [1.82, 2.24) is 19.6 Å². The highest BCUT2D eigenvalue weighted by molar-refractivity contribution is 6.13. The summed E-state index contributed by atoms with van der Waals surface area (Å²) in [7, 11) is 0. The average Bonchev–Trinajstić information content (AvgIpc) is 3.72. The third-order valence-corrected chi connectivity index (χ3v) is 8.00. The zero-order valence-electron chi connectivity index (χ0n) is 21.9. The first-order valence-electron chi connectivity index (χ1n) is 13.7. The number of furan rings is 1. The topological polar surface area (TPSA) is 48.8 Å². The lowest BCUT2D eigenvalue weighted by Crippen LogP contribution is -1.97. The van der Waals surface area contributed by atoms with Crippen LogP contribution < -0.4 is 0 Å². The molecule has 0 fully saturated rings. The Hall–Kier alpha value is -5.68. The summed E-state index contributed by atoms with van der Waals surface area (Å²) in [5.74, 6) is 0. The van der Waals surface area contributed by atoms with Gasteiger partial charge < -0.3 is 8.98 Å². The SMILES string of the molecule is c1ccc(-n2nc3ccc(-n4c5ccccc5c5ccc(-c6cccc7c6oc6ccccc67)cc54)cc3n2)cc1. The molecule has 0 amide bonds. The Morgan fingerprint density at radius 3 is 2.17 bits per heavy atom. The molecule has 0 bridgehead atoms. The third-order valence-electron chi connectivity index (χ3n) is 8.00. The van der Waals surface area contributed by atoms with Gasteiger partial charge in [0.2, 0.25) is 0 Å². The van der Waals surface area contributed by atoms with Gasteiger partial charge >= 0.3 is 0 Å². The van der Waals surface area contributed by atoms with Crippen molar-refractivity contribution in [1.29, 1.82) is 0 Å². The number of fused-ring (bicyclic) bond motifs is 7. The molecule has 0 unspecified atom stereocenters. The zero-order chi connectivity index (χ0) is 26.9. The lowest BCUT2D eigenvalue weighted by molar-refractivity contribution is 0.670. The molecule has 0 aliphatic rings. The van der Waals surface area contributed by atoms with Crippen molar-refractivity contribution in [3.63, 3.8) is 0 Å². The molecule has 192 valence electrons. The first kappa shape index (κ1) is 22.2. The lowest BCUT2D eigenvalue weighted by Gasteiger charge is -2.09. The van der Waals surface area contributed by atoms with E-state index in [2.05, 4.69) is 95.6 Å².